The van der Waals surface area contributed by atoms with Crippen molar-refractivity contribution in [1.29, 1.82) is 0 Å². The van der Waals surface area contributed by atoms with Crippen molar-refractivity contribution >= 4 is 5.91 Å². The van der Waals surface area contributed by atoms with E-state index >= 15 is 0 Å². The molecule has 2 aromatic rings. The van der Waals surface area contributed by atoms with Crippen LogP contribution >= 0.6 is 0 Å². The van der Waals surface area contributed by atoms with E-state index in [0.717, 1.165) is 37.4 Å². The number of ether oxygens (including phenoxy) is 2. The summed E-state index contributed by atoms with van der Waals surface area (Å²) < 4.78 is 11.9. The van der Waals surface area contributed by atoms with E-state index in [2.05, 4.69) is 29.2 Å². The lowest BCUT2D eigenvalue weighted by atomic mass is 10.1. The molecule has 1 spiro atoms. The van der Waals surface area contributed by atoms with Gasteiger partial charge in [-0.2, -0.15) is 0 Å². The number of carbonyl (C=O) groups is 1. The minimum atomic E-state index is -0.351. The average molecular weight is 364 g/mol. The van der Waals surface area contributed by atoms with Gasteiger partial charge in [0.1, 0.15) is 12.4 Å². The number of rotatable bonds is 5. The molecule has 2 atom stereocenters. The Bertz CT molecular complexity index is 823. The van der Waals surface area contributed by atoms with Gasteiger partial charge < -0.3 is 14.4 Å². The lowest BCUT2D eigenvalue weighted by Gasteiger charge is -2.31. The molecule has 5 heteroatoms. The molecule has 0 N–H and O–H groups in total. The Hall–Kier alpha value is -2.37. The monoisotopic (exact) mass is 364 g/mol. The van der Waals surface area contributed by atoms with E-state index in [4.69, 9.17) is 9.47 Å². The number of amides is 1. The number of carbonyl (C=O) groups excluding carboxylic acids is 1. The van der Waals surface area contributed by atoms with E-state index in [9.17, 15) is 4.79 Å². The zero-order chi connectivity index (χ0) is 18.3. The molecule has 3 aliphatic heterocycles. The minimum absolute atomic E-state index is 0.182. The van der Waals surface area contributed by atoms with E-state index in [1.54, 1.807) is 0 Å². The standard InChI is InChI=1S/C22H24N2O3/c25-21-14-20-22(24(21)12-13-27-22)10-11-23(20)15-17-6-8-19(9-7-17)26-16-18-4-2-1-3-5-18/h1-9,20H,10-16H2/t20-,22+/m1/s1. The molecule has 3 saturated heterocycles. The van der Waals surface area contributed by atoms with E-state index < -0.39 is 0 Å². The van der Waals surface area contributed by atoms with Crippen LogP contribution in [0.25, 0.3) is 0 Å². The third-order valence-electron chi connectivity index (χ3n) is 6.07. The van der Waals surface area contributed by atoms with Gasteiger partial charge >= 0.3 is 0 Å². The van der Waals surface area contributed by atoms with Crippen LogP contribution in [-0.4, -0.2) is 47.2 Å². The van der Waals surface area contributed by atoms with E-state index in [-0.39, 0.29) is 17.7 Å². The molecule has 27 heavy (non-hydrogen) atoms. The second-order valence-corrected chi connectivity index (χ2v) is 7.60. The zero-order valence-corrected chi connectivity index (χ0v) is 15.3. The van der Waals surface area contributed by atoms with Gasteiger partial charge in [-0.15, -0.1) is 0 Å². The molecule has 5 nitrogen and oxygen atoms in total. The second-order valence-electron chi connectivity index (χ2n) is 7.60. The Labute approximate surface area is 159 Å². The highest BCUT2D eigenvalue weighted by molar-refractivity contribution is 5.81. The molecule has 0 bridgehead atoms. The van der Waals surface area contributed by atoms with Gasteiger partial charge in [0.05, 0.1) is 12.6 Å². The highest BCUT2D eigenvalue weighted by Crippen LogP contribution is 2.45. The van der Waals surface area contributed by atoms with E-state index in [1.807, 2.05) is 35.2 Å². The van der Waals surface area contributed by atoms with Gasteiger partial charge in [0, 0.05) is 32.5 Å². The van der Waals surface area contributed by atoms with Crippen LogP contribution in [0.1, 0.15) is 24.0 Å². The fourth-order valence-corrected chi connectivity index (χ4v) is 4.73. The van der Waals surface area contributed by atoms with Crippen LogP contribution in [0.4, 0.5) is 0 Å². The van der Waals surface area contributed by atoms with Gasteiger partial charge in [-0.1, -0.05) is 42.5 Å². The van der Waals surface area contributed by atoms with Gasteiger partial charge in [-0.3, -0.25) is 9.69 Å². The molecule has 3 heterocycles. The molecule has 0 unspecified atom stereocenters. The third kappa shape index (κ3) is 2.91. The van der Waals surface area contributed by atoms with Crippen molar-refractivity contribution < 1.29 is 14.3 Å². The molecule has 2 aromatic carbocycles. The maximum absolute atomic E-state index is 12.3. The topological polar surface area (TPSA) is 42.0 Å². The van der Waals surface area contributed by atoms with Crippen molar-refractivity contribution in [1.82, 2.24) is 9.80 Å². The average Bonchev–Trinajstić information content (AvgIpc) is 3.34. The van der Waals surface area contributed by atoms with E-state index in [1.165, 1.54) is 5.56 Å². The Morgan fingerprint density at radius 2 is 1.85 bits per heavy atom. The molecule has 3 fully saturated rings. The van der Waals surface area contributed by atoms with Crippen molar-refractivity contribution in [2.45, 2.75) is 37.8 Å². The largest absolute Gasteiger partial charge is 0.489 e. The SMILES string of the molecule is O=C1C[C@H]2N(Cc3ccc(OCc4ccccc4)cc3)CC[C@]23OCCN13. The summed E-state index contributed by atoms with van der Waals surface area (Å²) in [5, 5.41) is 0. The first-order valence-electron chi connectivity index (χ1n) is 9.69. The molecule has 1 amide bonds. The Balaban J connectivity index is 1.22. The van der Waals surface area contributed by atoms with Crippen molar-refractivity contribution in [3.63, 3.8) is 0 Å². The lowest BCUT2D eigenvalue weighted by molar-refractivity contribution is -0.136. The quantitative estimate of drug-likeness (QED) is 0.818. The van der Waals surface area contributed by atoms with Crippen molar-refractivity contribution in [3.8, 4) is 5.75 Å². The van der Waals surface area contributed by atoms with Crippen LogP contribution in [-0.2, 0) is 22.7 Å². The van der Waals surface area contributed by atoms with Gasteiger partial charge in [-0.05, 0) is 23.3 Å². The molecule has 140 valence electrons. The summed E-state index contributed by atoms with van der Waals surface area (Å²) in [6.07, 6.45) is 1.50. The van der Waals surface area contributed by atoms with Crippen molar-refractivity contribution in [3.05, 3.63) is 65.7 Å². The zero-order valence-electron chi connectivity index (χ0n) is 15.3. The van der Waals surface area contributed by atoms with Gasteiger partial charge in [0.15, 0.2) is 5.72 Å². The van der Waals surface area contributed by atoms with Crippen LogP contribution in [0, 0.1) is 0 Å². The number of hydrogen-bond acceptors (Lipinski definition) is 4. The van der Waals surface area contributed by atoms with Crippen LogP contribution in [0.2, 0.25) is 0 Å². The Morgan fingerprint density at radius 1 is 1.04 bits per heavy atom. The fourth-order valence-electron chi connectivity index (χ4n) is 4.73. The molecule has 0 aliphatic carbocycles. The molecule has 5 rings (SSSR count). The third-order valence-corrected chi connectivity index (χ3v) is 6.07. The first-order chi connectivity index (χ1) is 13.2. The van der Waals surface area contributed by atoms with E-state index in [0.29, 0.717) is 19.6 Å². The number of benzene rings is 2. The predicted molar refractivity (Wildman–Crippen MR) is 101 cm³/mol. The van der Waals surface area contributed by atoms with Crippen molar-refractivity contribution in [2.24, 2.45) is 0 Å². The summed E-state index contributed by atoms with van der Waals surface area (Å²) in [4.78, 5) is 16.7. The normalized spacial score (nSPS) is 27.0. The van der Waals surface area contributed by atoms with Crippen LogP contribution in [0.15, 0.2) is 54.6 Å². The Morgan fingerprint density at radius 3 is 2.67 bits per heavy atom. The minimum Gasteiger partial charge on any atom is -0.489 e. The lowest BCUT2D eigenvalue weighted by Crippen LogP contribution is -2.47. The smallest absolute Gasteiger partial charge is 0.226 e. The molecular weight excluding hydrogens is 340 g/mol. The molecule has 0 saturated carbocycles. The Kier molecular flexibility index (Phi) is 4.14. The van der Waals surface area contributed by atoms with Crippen LogP contribution < -0.4 is 4.74 Å². The van der Waals surface area contributed by atoms with Crippen LogP contribution in [0.3, 0.4) is 0 Å². The number of nitrogens with zero attached hydrogens (tertiary/aromatic N) is 2. The highest BCUT2D eigenvalue weighted by Gasteiger charge is 2.61. The van der Waals surface area contributed by atoms with Crippen LogP contribution in [0.5, 0.6) is 5.75 Å². The fraction of sp³-hybridized carbons (Fsp3) is 0.409. The summed E-state index contributed by atoms with van der Waals surface area (Å²) >= 11 is 0. The summed E-state index contributed by atoms with van der Waals surface area (Å²) in [6, 6.07) is 18.7. The molecule has 3 aliphatic rings. The second kappa shape index (κ2) is 6.66. The summed E-state index contributed by atoms with van der Waals surface area (Å²) in [5.41, 5.74) is 2.05. The highest BCUT2D eigenvalue weighted by atomic mass is 16.5. The maximum Gasteiger partial charge on any atom is 0.226 e. The van der Waals surface area contributed by atoms with Gasteiger partial charge in [0.2, 0.25) is 5.91 Å². The van der Waals surface area contributed by atoms with Gasteiger partial charge in [0.25, 0.3) is 0 Å². The predicted octanol–water partition coefficient (Wildman–Crippen LogP) is 2.80. The maximum atomic E-state index is 12.3. The van der Waals surface area contributed by atoms with Gasteiger partial charge in [-0.25, -0.2) is 0 Å². The number of likely N-dealkylation sites (tertiary alicyclic amines) is 1. The molecular formula is C22H24N2O3. The molecule has 0 radical (unpaired) electrons. The summed E-state index contributed by atoms with van der Waals surface area (Å²) in [7, 11) is 0. The van der Waals surface area contributed by atoms with Crippen molar-refractivity contribution in [2.75, 3.05) is 19.7 Å². The number of hydrogen-bond donors (Lipinski definition) is 0. The summed E-state index contributed by atoms with van der Waals surface area (Å²) in [5.74, 6) is 1.12. The first kappa shape index (κ1) is 16.8. The first-order valence-corrected chi connectivity index (χ1v) is 9.69. The molecule has 0 aromatic heterocycles. The summed E-state index contributed by atoms with van der Waals surface area (Å²) in [6.45, 7) is 3.81.